The minimum Gasteiger partial charge on any atom is -0.482 e. The highest BCUT2D eigenvalue weighted by Gasteiger charge is 2.27. The van der Waals surface area contributed by atoms with Gasteiger partial charge in [0, 0.05) is 25.0 Å². The summed E-state index contributed by atoms with van der Waals surface area (Å²) in [6.07, 6.45) is 5.90. The first-order valence-corrected chi connectivity index (χ1v) is 11.2. The molecule has 156 valence electrons. The van der Waals surface area contributed by atoms with Crippen LogP contribution in [0.1, 0.15) is 18.4 Å². The number of aromatic nitrogens is 2. The van der Waals surface area contributed by atoms with Crippen molar-refractivity contribution in [2.24, 2.45) is 5.84 Å². The van der Waals surface area contributed by atoms with E-state index in [1.807, 2.05) is 5.01 Å². The summed E-state index contributed by atoms with van der Waals surface area (Å²) in [6.45, 7) is 0.744. The maximum Gasteiger partial charge on any atom is 0.268 e. The number of carbonyl (C=O) groups excluding carboxylic acids is 1. The molecule has 9 nitrogen and oxygen atoms in total. The van der Waals surface area contributed by atoms with Gasteiger partial charge in [-0.05, 0) is 55.2 Å². The van der Waals surface area contributed by atoms with E-state index in [0.717, 1.165) is 24.9 Å². The number of rotatable bonds is 4. The maximum absolute atomic E-state index is 13.5. The number of nitrogens with zero attached hydrogens (tertiary/aromatic N) is 3. The number of fused-ring (bicyclic) bond motifs is 2. The Bertz CT molecular complexity index is 1250. The first-order valence-electron chi connectivity index (χ1n) is 9.72. The Hall–Kier alpha value is -2.95. The summed E-state index contributed by atoms with van der Waals surface area (Å²) < 4.78 is 33.5. The summed E-state index contributed by atoms with van der Waals surface area (Å²) in [5.41, 5.74) is 2.33. The van der Waals surface area contributed by atoms with E-state index in [9.17, 15) is 13.2 Å². The van der Waals surface area contributed by atoms with Gasteiger partial charge in [0.05, 0.1) is 21.6 Å². The van der Waals surface area contributed by atoms with Gasteiger partial charge in [-0.3, -0.25) is 15.6 Å². The lowest BCUT2D eigenvalue weighted by Gasteiger charge is -2.18. The molecule has 4 heterocycles. The van der Waals surface area contributed by atoms with E-state index in [4.69, 9.17) is 10.6 Å². The molecule has 1 aromatic carbocycles. The number of hydrazine groups is 1. The van der Waals surface area contributed by atoms with Crippen LogP contribution < -0.4 is 15.9 Å². The van der Waals surface area contributed by atoms with Crippen LogP contribution in [0.15, 0.2) is 47.6 Å². The van der Waals surface area contributed by atoms with Crippen molar-refractivity contribution in [1.29, 1.82) is 0 Å². The number of pyridine rings is 1. The molecule has 3 N–H and O–H groups in total. The van der Waals surface area contributed by atoms with Gasteiger partial charge in [0.1, 0.15) is 5.75 Å². The highest BCUT2D eigenvalue weighted by molar-refractivity contribution is 7.90. The second-order valence-corrected chi connectivity index (χ2v) is 9.37. The number of carbonyl (C=O) groups is 1. The maximum atomic E-state index is 13.5. The Morgan fingerprint density at radius 2 is 2.17 bits per heavy atom. The fourth-order valence-corrected chi connectivity index (χ4v) is 5.52. The number of amides is 1. The summed E-state index contributed by atoms with van der Waals surface area (Å²) in [6, 6.07) is 8.06. The molecule has 2 aromatic heterocycles. The zero-order chi connectivity index (χ0) is 20.9. The zero-order valence-electron chi connectivity index (χ0n) is 16.1. The molecule has 3 aromatic rings. The van der Waals surface area contributed by atoms with Crippen molar-refractivity contribution < 1.29 is 17.9 Å². The van der Waals surface area contributed by atoms with E-state index in [-0.39, 0.29) is 23.5 Å². The fraction of sp³-hybridized carbons (Fsp3) is 0.300. The molecule has 1 unspecified atom stereocenters. The first kappa shape index (κ1) is 19.0. The smallest absolute Gasteiger partial charge is 0.268 e. The van der Waals surface area contributed by atoms with Crippen LogP contribution in [0.5, 0.6) is 5.75 Å². The van der Waals surface area contributed by atoms with Gasteiger partial charge in [-0.1, -0.05) is 0 Å². The van der Waals surface area contributed by atoms with Gasteiger partial charge in [0.15, 0.2) is 6.61 Å². The van der Waals surface area contributed by atoms with Crippen LogP contribution in [0.25, 0.3) is 11.0 Å². The van der Waals surface area contributed by atoms with Gasteiger partial charge >= 0.3 is 0 Å². The minimum absolute atomic E-state index is 0.0562. The Balaban J connectivity index is 1.59. The van der Waals surface area contributed by atoms with Gasteiger partial charge in [-0.15, -0.1) is 0 Å². The molecule has 1 amide bonds. The number of hydrogen-bond acceptors (Lipinski definition) is 7. The first-order chi connectivity index (χ1) is 14.4. The van der Waals surface area contributed by atoms with Gasteiger partial charge in [0.2, 0.25) is 0 Å². The fourth-order valence-electron chi connectivity index (χ4n) is 4.11. The summed E-state index contributed by atoms with van der Waals surface area (Å²) in [4.78, 5) is 16.1. The minimum atomic E-state index is -3.92. The van der Waals surface area contributed by atoms with Gasteiger partial charge < -0.3 is 10.1 Å². The van der Waals surface area contributed by atoms with Crippen molar-refractivity contribution in [2.75, 3.05) is 18.5 Å². The summed E-state index contributed by atoms with van der Waals surface area (Å²) in [7, 11) is -3.92. The molecule has 1 atom stereocenters. The van der Waals surface area contributed by atoms with Crippen molar-refractivity contribution in [3.8, 4) is 5.75 Å². The van der Waals surface area contributed by atoms with Crippen LogP contribution >= 0.6 is 0 Å². The third-order valence-electron chi connectivity index (χ3n) is 5.62. The Morgan fingerprint density at radius 3 is 2.97 bits per heavy atom. The predicted octanol–water partition coefficient (Wildman–Crippen LogP) is 1.48. The molecule has 30 heavy (non-hydrogen) atoms. The molecule has 2 aliphatic rings. The predicted molar refractivity (Wildman–Crippen MR) is 111 cm³/mol. The van der Waals surface area contributed by atoms with Crippen LogP contribution in [-0.2, 0) is 21.2 Å². The van der Waals surface area contributed by atoms with E-state index >= 15 is 0 Å². The van der Waals surface area contributed by atoms with E-state index in [1.54, 1.807) is 30.6 Å². The van der Waals surface area contributed by atoms with E-state index < -0.39 is 10.0 Å². The van der Waals surface area contributed by atoms with Crippen LogP contribution in [0, 0.1) is 0 Å². The van der Waals surface area contributed by atoms with E-state index in [2.05, 4.69) is 10.3 Å². The molecule has 10 heteroatoms. The molecule has 5 rings (SSSR count). The van der Waals surface area contributed by atoms with Crippen molar-refractivity contribution in [2.45, 2.75) is 30.2 Å². The standard InChI is InChI=1S/C20H21N5O4S/c21-24-8-2-3-14(24)9-13-11-25(17-4-1-7-22-20(13)17)30(27,28)15-5-6-18-16(10-15)23-19(26)12-29-18/h1,4-7,10-11,14H,2-3,8-9,12,21H2,(H,23,26). The average molecular weight is 427 g/mol. The third kappa shape index (κ3) is 3.13. The Labute approximate surface area is 173 Å². The highest BCUT2D eigenvalue weighted by atomic mass is 32.2. The van der Waals surface area contributed by atoms with Gasteiger partial charge in [-0.2, -0.15) is 0 Å². The van der Waals surface area contributed by atoms with Crippen LogP contribution in [0.3, 0.4) is 0 Å². The molecule has 1 fully saturated rings. The molecule has 0 spiro atoms. The van der Waals surface area contributed by atoms with E-state index in [1.165, 1.54) is 16.1 Å². The molecule has 0 saturated carbocycles. The van der Waals surface area contributed by atoms with Crippen molar-refractivity contribution in [1.82, 2.24) is 14.0 Å². The normalized spacial score (nSPS) is 19.5. The van der Waals surface area contributed by atoms with Gasteiger partial charge in [0.25, 0.3) is 15.9 Å². The topological polar surface area (TPSA) is 120 Å². The molecule has 0 aliphatic carbocycles. The molecule has 1 saturated heterocycles. The Morgan fingerprint density at radius 1 is 1.30 bits per heavy atom. The zero-order valence-corrected chi connectivity index (χ0v) is 16.9. The monoisotopic (exact) mass is 427 g/mol. The third-order valence-corrected chi connectivity index (χ3v) is 7.29. The number of hydrogen-bond donors (Lipinski definition) is 2. The lowest BCUT2D eigenvalue weighted by Crippen LogP contribution is -2.37. The lowest BCUT2D eigenvalue weighted by atomic mass is 10.1. The number of nitrogens with one attached hydrogen (secondary N) is 1. The number of benzene rings is 1. The largest absolute Gasteiger partial charge is 0.482 e. The molecular formula is C20H21N5O4S. The summed E-state index contributed by atoms with van der Waals surface area (Å²) in [5.74, 6) is 6.19. The summed E-state index contributed by atoms with van der Waals surface area (Å²) >= 11 is 0. The van der Waals surface area contributed by atoms with Crippen molar-refractivity contribution in [3.05, 3.63) is 48.3 Å². The van der Waals surface area contributed by atoms with Gasteiger partial charge in [-0.25, -0.2) is 17.4 Å². The second kappa shape index (κ2) is 7.08. The van der Waals surface area contributed by atoms with Crippen LogP contribution in [0.2, 0.25) is 0 Å². The SMILES string of the molecule is NN1CCCC1Cc1cn(S(=O)(=O)c2ccc3c(c2)NC(=O)CO3)c2cccnc12. The Kier molecular flexibility index (Phi) is 4.49. The molecule has 0 bridgehead atoms. The second-order valence-electron chi connectivity index (χ2n) is 7.56. The molecule has 2 aliphatic heterocycles. The number of anilines is 1. The lowest BCUT2D eigenvalue weighted by molar-refractivity contribution is -0.118. The van der Waals surface area contributed by atoms with Crippen LogP contribution in [0.4, 0.5) is 5.69 Å². The highest BCUT2D eigenvalue weighted by Crippen LogP contribution is 2.33. The average Bonchev–Trinajstić information content (AvgIpc) is 3.32. The van der Waals surface area contributed by atoms with E-state index in [0.29, 0.717) is 28.9 Å². The number of nitrogens with two attached hydrogens (primary N) is 1. The quantitative estimate of drug-likeness (QED) is 0.605. The summed E-state index contributed by atoms with van der Waals surface area (Å²) in [5, 5.41) is 4.46. The molecule has 0 radical (unpaired) electrons. The molecular weight excluding hydrogens is 406 g/mol. The number of ether oxygens (including phenoxy) is 1. The van der Waals surface area contributed by atoms with Crippen molar-refractivity contribution in [3.63, 3.8) is 0 Å². The van der Waals surface area contributed by atoms with Crippen LogP contribution in [-0.4, -0.2) is 47.5 Å². The van der Waals surface area contributed by atoms with Crippen molar-refractivity contribution >= 4 is 32.7 Å².